The maximum atomic E-state index is 13.1. The van der Waals surface area contributed by atoms with E-state index in [4.69, 9.17) is 37.0 Å². The highest BCUT2D eigenvalue weighted by Crippen LogP contribution is 2.45. The van der Waals surface area contributed by atoms with Crippen molar-refractivity contribution >= 4 is 39.5 Å². The van der Waals surface area contributed by atoms with Gasteiger partial charge in [0, 0.05) is 25.7 Å². The van der Waals surface area contributed by atoms with Gasteiger partial charge in [0.15, 0.2) is 12.2 Å². The van der Waals surface area contributed by atoms with E-state index in [1.165, 1.54) is 250 Å². The molecule has 0 aromatic rings. The molecule has 4 unspecified atom stereocenters. The maximum absolute atomic E-state index is 13.1. The highest BCUT2D eigenvalue weighted by Gasteiger charge is 2.30. The number of carbonyl (C=O) groups is 4. The second-order valence-corrected chi connectivity index (χ2v) is 34.4. The molecule has 0 rings (SSSR count). The zero-order valence-corrected chi connectivity index (χ0v) is 70.3. The first-order chi connectivity index (χ1) is 50.3. The Morgan fingerprint density at radius 1 is 0.279 bits per heavy atom. The fourth-order valence-electron chi connectivity index (χ4n) is 13.1. The summed E-state index contributed by atoms with van der Waals surface area (Å²) in [7, 11) is -9.93. The zero-order chi connectivity index (χ0) is 76.5. The summed E-state index contributed by atoms with van der Waals surface area (Å²) in [5.74, 6) is 0.295. The number of unbranched alkanes of at least 4 members (excludes halogenated alkanes) is 49. The minimum Gasteiger partial charge on any atom is -0.462 e. The lowest BCUT2D eigenvalue weighted by molar-refractivity contribution is -0.161. The lowest BCUT2D eigenvalue weighted by Crippen LogP contribution is -2.30. The van der Waals surface area contributed by atoms with E-state index in [1.54, 1.807) is 0 Å². The topological polar surface area (TPSA) is 237 Å². The summed E-state index contributed by atoms with van der Waals surface area (Å²) in [6.45, 7) is 12.0. The Labute approximate surface area is 638 Å². The Morgan fingerprint density at radius 3 is 0.731 bits per heavy atom. The number of rotatable bonds is 83. The van der Waals surface area contributed by atoms with Crippen molar-refractivity contribution in [2.24, 2.45) is 17.8 Å². The number of ether oxygens (including phenoxy) is 4. The molecule has 0 saturated heterocycles. The molecule has 0 bridgehead atoms. The Morgan fingerprint density at radius 2 is 0.490 bits per heavy atom. The monoisotopic (exact) mass is 1520 g/mol. The number of carbonyl (C=O) groups excluding carboxylic acids is 4. The number of esters is 4. The number of hydrogen-bond donors (Lipinski definition) is 3. The molecule has 19 heteroatoms. The molecule has 0 aliphatic carbocycles. The lowest BCUT2D eigenvalue weighted by atomic mass is 9.99. The van der Waals surface area contributed by atoms with Crippen LogP contribution >= 0.6 is 15.6 Å². The molecule has 7 atom stereocenters. The fourth-order valence-corrected chi connectivity index (χ4v) is 14.7. The van der Waals surface area contributed by atoms with E-state index in [1.807, 2.05) is 0 Å². The predicted octanol–water partition coefficient (Wildman–Crippen LogP) is 25.7. The van der Waals surface area contributed by atoms with Gasteiger partial charge in [-0.1, -0.05) is 395 Å². The van der Waals surface area contributed by atoms with E-state index < -0.39 is 97.5 Å². The Balaban J connectivity index is 5.24. The van der Waals surface area contributed by atoms with Crippen molar-refractivity contribution < 1.29 is 80.2 Å². The number of phosphoric acid groups is 2. The molecule has 0 saturated carbocycles. The third-order valence-corrected chi connectivity index (χ3v) is 22.5. The van der Waals surface area contributed by atoms with Crippen molar-refractivity contribution in [1.29, 1.82) is 0 Å². The van der Waals surface area contributed by atoms with E-state index in [0.29, 0.717) is 25.7 Å². The Bertz CT molecular complexity index is 2010. The van der Waals surface area contributed by atoms with E-state index in [-0.39, 0.29) is 25.7 Å². The van der Waals surface area contributed by atoms with Gasteiger partial charge in [0.05, 0.1) is 26.4 Å². The third kappa shape index (κ3) is 75.5. The highest BCUT2D eigenvalue weighted by atomic mass is 31.2. The minimum atomic E-state index is -4.97. The van der Waals surface area contributed by atoms with Gasteiger partial charge < -0.3 is 33.8 Å². The van der Waals surface area contributed by atoms with Crippen molar-refractivity contribution in [3.8, 4) is 0 Å². The van der Waals surface area contributed by atoms with Crippen molar-refractivity contribution in [3.05, 3.63) is 0 Å². The fraction of sp³-hybridized carbons (Fsp3) is 0.953. The minimum absolute atomic E-state index is 0.107. The second kappa shape index (κ2) is 75.1. The molecular weight excluding hydrogens is 1350 g/mol. The van der Waals surface area contributed by atoms with Gasteiger partial charge in [-0.25, -0.2) is 9.13 Å². The molecule has 618 valence electrons. The summed E-state index contributed by atoms with van der Waals surface area (Å²) >= 11 is 0. The van der Waals surface area contributed by atoms with Crippen LogP contribution in [-0.4, -0.2) is 96.7 Å². The van der Waals surface area contributed by atoms with Crippen molar-refractivity contribution in [3.63, 3.8) is 0 Å². The average Bonchev–Trinajstić information content (AvgIpc) is 0.907. The van der Waals surface area contributed by atoms with Crippen LogP contribution in [0, 0.1) is 17.8 Å². The molecule has 3 N–H and O–H groups in total. The third-order valence-electron chi connectivity index (χ3n) is 20.6. The van der Waals surface area contributed by atoms with Gasteiger partial charge in [0.25, 0.3) is 0 Å². The van der Waals surface area contributed by atoms with E-state index >= 15 is 0 Å². The van der Waals surface area contributed by atoms with Crippen LogP contribution in [0.25, 0.3) is 0 Å². The van der Waals surface area contributed by atoms with E-state index in [9.17, 15) is 43.2 Å². The van der Waals surface area contributed by atoms with Crippen LogP contribution in [0.1, 0.15) is 447 Å². The summed E-state index contributed by atoms with van der Waals surface area (Å²) < 4.78 is 68.8. The van der Waals surface area contributed by atoms with Crippen LogP contribution in [-0.2, 0) is 65.4 Å². The summed E-state index contributed by atoms with van der Waals surface area (Å²) in [5.41, 5.74) is 0. The second-order valence-electron chi connectivity index (χ2n) is 31.5. The number of aliphatic hydroxyl groups is 1. The maximum Gasteiger partial charge on any atom is 0.472 e. The van der Waals surface area contributed by atoms with Crippen LogP contribution in [0.5, 0.6) is 0 Å². The standard InChI is InChI=1S/C85H166O17P2/c1-8-11-12-13-14-15-16-17-22-30-35-40-45-54-61-69-85(90)102-81(73-96-83(88)67-60-53-48-47-51-58-65-78(7)10-3)75-100-104(93,94)98-71-79(86)70-97-103(91,92)99-74-80(72-95-82(87)66-59-52-44-39-34-29-26-25-28-33-38-43-50-57-64-77(6)9-2)101-84(89)68-62-55-46-41-36-31-24-21-19-18-20-23-27-32-37-42-49-56-63-76(4)5/h76-81,86H,8-75H2,1-7H3,(H,91,92)(H,93,94)/t77?,78?,79-,80-,81-/m1/s1. The van der Waals surface area contributed by atoms with Crippen molar-refractivity contribution in [2.75, 3.05) is 39.6 Å². The smallest absolute Gasteiger partial charge is 0.462 e. The van der Waals surface area contributed by atoms with Gasteiger partial charge in [0.1, 0.15) is 19.3 Å². The predicted molar refractivity (Wildman–Crippen MR) is 428 cm³/mol. The van der Waals surface area contributed by atoms with Gasteiger partial charge >= 0.3 is 39.5 Å². The van der Waals surface area contributed by atoms with Crippen LogP contribution in [0.2, 0.25) is 0 Å². The Hall–Kier alpha value is -1.94. The molecule has 0 aromatic carbocycles. The molecule has 0 aliphatic rings. The summed E-state index contributed by atoms with van der Waals surface area (Å²) in [6.07, 6.45) is 65.2. The quantitative estimate of drug-likeness (QED) is 0.0222. The molecule has 17 nitrogen and oxygen atoms in total. The first-order valence-electron chi connectivity index (χ1n) is 43.9. The Kier molecular flexibility index (Phi) is 73.7. The summed E-state index contributed by atoms with van der Waals surface area (Å²) in [5, 5.41) is 10.7. The van der Waals surface area contributed by atoms with Gasteiger partial charge in [-0.15, -0.1) is 0 Å². The number of hydrogen-bond acceptors (Lipinski definition) is 15. The van der Waals surface area contributed by atoms with Gasteiger partial charge in [-0.2, -0.15) is 0 Å². The van der Waals surface area contributed by atoms with Crippen LogP contribution in [0.4, 0.5) is 0 Å². The molecule has 0 radical (unpaired) electrons. The van der Waals surface area contributed by atoms with Gasteiger partial charge in [-0.3, -0.25) is 37.3 Å². The van der Waals surface area contributed by atoms with Crippen molar-refractivity contribution in [1.82, 2.24) is 0 Å². The molecule has 0 amide bonds. The molecule has 0 aliphatic heterocycles. The number of aliphatic hydroxyl groups excluding tert-OH is 1. The first-order valence-corrected chi connectivity index (χ1v) is 46.9. The summed E-state index contributed by atoms with van der Waals surface area (Å²) in [4.78, 5) is 73.2. The van der Waals surface area contributed by atoms with E-state index in [0.717, 1.165) is 114 Å². The van der Waals surface area contributed by atoms with Crippen molar-refractivity contribution in [2.45, 2.75) is 465 Å². The van der Waals surface area contributed by atoms with Crippen LogP contribution in [0.3, 0.4) is 0 Å². The van der Waals surface area contributed by atoms with Gasteiger partial charge in [0.2, 0.25) is 0 Å². The highest BCUT2D eigenvalue weighted by molar-refractivity contribution is 7.47. The van der Waals surface area contributed by atoms with Crippen LogP contribution in [0.15, 0.2) is 0 Å². The average molecular weight is 1520 g/mol. The molecule has 0 spiro atoms. The summed E-state index contributed by atoms with van der Waals surface area (Å²) in [6, 6.07) is 0. The normalized spacial score (nSPS) is 14.4. The van der Waals surface area contributed by atoms with Gasteiger partial charge in [-0.05, 0) is 43.4 Å². The van der Waals surface area contributed by atoms with Crippen LogP contribution < -0.4 is 0 Å². The lowest BCUT2D eigenvalue weighted by Gasteiger charge is -2.21. The largest absolute Gasteiger partial charge is 0.472 e. The SMILES string of the molecule is CCCCCCCCCCCCCCCCCC(=O)O[C@H](COC(=O)CCCCCCCCC(C)CC)COP(=O)(O)OC[C@H](O)COP(=O)(O)OC[C@@H](COC(=O)CCCCCCCCCCCCCCCCC(C)CC)OC(=O)CCCCCCCCCCCCCCCCCCCCC(C)C. The molecule has 0 aromatic heterocycles. The molecule has 0 fully saturated rings. The molecule has 104 heavy (non-hydrogen) atoms. The van der Waals surface area contributed by atoms with E-state index in [2.05, 4.69) is 48.5 Å². The number of phosphoric ester groups is 2. The first kappa shape index (κ1) is 102. The zero-order valence-electron chi connectivity index (χ0n) is 68.5. The molecular formula is C85H166O17P2. The molecule has 0 heterocycles.